The van der Waals surface area contributed by atoms with Gasteiger partial charge in [-0.15, -0.1) is 0 Å². The highest BCUT2D eigenvalue weighted by Crippen LogP contribution is 2.40. The molecule has 0 saturated carbocycles. The Bertz CT molecular complexity index is 1940. The number of amides is 1. The molecule has 0 aliphatic carbocycles. The van der Waals surface area contributed by atoms with Gasteiger partial charge < -0.3 is 20.5 Å². The number of carbonyl (C=O) groups excluding carboxylic acids is 1. The van der Waals surface area contributed by atoms with Crippen LogP contribution in [0.3, 0.4) is 0 Å². The SMILES string of the molecule is O=C1NCc2ccc(Nc3nc(OCC45CCCN4CCC5)nc4c(F)c(-c5cc(O)cc6ccccc56)ncc34)cc21. The summed E-state index contributed by atoms with van der Waals surface area (Å²) in [4.78, 5) is 28.5. The van der Waals surface area contributed by atoms with Crippen molar-refractivity contribution in [2.45, 2.75) is 37.8 Å². The number of carbonyl (C=O) groups is 1. The molecule has 0 radical (unpaired) electrons. The molecule has 216 valence electrons. The van der Waals surface area contributed by atoms with Crippen molar-refractivity contribution in [1.82, 2.24) is 25.2 Å². The van der Waals surface area contributed by atoms with Gasteiger partial charge in [0.1, 0.15) is 29.4 Å². The standard InChI is InChI=1S/C33H29FN6O3/c34-27-28(25-15-22(41)13-19-5-1-2-6-23(19)25)35-17-26-29(27)38-32(43-18-33-9-3-11-40(33)12-4-10-33)39-30(26)37-21-8-7-20-16-36-31(42)24(20)14-21/h1-2,5-8,13-15,17,41H,3-4,9-12,16,18H2,(H,36,42)(H,37,38,39). The van der Waals surface area contributed by atoms with Crippen LogP contribution in [-0.4, -0.2) is 56.1 Å². The Labute approximate surface area is 246 Å². The molecule has 3 N–H and O–H groups in total. The number of hydrogen-bond donors (Lipinski definition) is 3. The minimum Gasteiger partial charge on any atom is -0.508 e. The summed E-state index contributed by atoms with van der Waals surface area (Å²) in [7, 11) is 0. The number of hydrogen-bond acceptors (Lipinski definition) is 8. The Kier molecular flexibility index (Phi) is 5.94. The molecule has 2 fully saturated rings. The number of benzene rings is 3. The third-order valence-corrected chi connectivity index (χ3v) is 9.10. The highest BCUT2D eigenvalue weighted by atomic mass is 19.1. The first-order valence-electron chi connectivity index (χ1n) is 14.6. The number of anilines is 2. The number of ether oxygens (including phenoxy) is 1. The molecule has 1 amide bonds. The number of rotatable bonds is 6. The summed E-state index contributed by atoms with van der Waals surface area (Å²) in [5.74, 6) is -0.438. The van der Waals surface area contributed by atoms with Crippen LogP contribution in [0.2, 0.25) is 0 Å². The molecule has 3 aromatic carbocycles. The number of phenols is 1. The molecule has 2 saturated heterocycles. The van der Waals surface area contributed by atoms with Gasteiger partial charge in [-0.25, -0.2) is 4.39 Å². The second-order valence-electron chi connectivity index (χ2n) is 11.6. The van der Waals surface area contributed by atoms with Gasteiger partial charge in [-0.2, -0.15) is 9.97 Å². The fourth-order valence-electron chi connectivity index (χ4n) is 6.96. The minimum atomic E-state index is -0.640. The first-order chi connectivity index (χ1) is 21.0. The van der Waals surface area contributed by atoms with E-state index in [2.05, 4.69) is 30.5 Å². The molecule has 3 aliphatic rings. The number of aromatic hydroxyl groups is 1. The second-order valence-corrected chi connectivity index (χ2v) is 11.6. The van der Waals surface area contributed by atoms with Crippen molar-refractivity contribution in [2.75, 3.05) is 25.0 Å². The van der Waals surface area contributed by atoms with Crippen LogP contribution >= 0.6 is 0 Å². The van der Waals surface area contributed by atoms with Gasteiger partial charge in [-0.3, -0.25) is 14.7 Å². The summed E-state index contributed by atoms with van der Waals surface area (Å²) in [5, 5.41) is 18.4. The van der Waals surface area contributed by atoms with Crippen molar-refractivity contribution >= 4 is 39.1 Å². The molecule has 2 aromatic heterocycles. The summed E-state index contributed by atoms with van der Waals surface area (Å²) in [6, 6.07) is 16.2. The van der Waals surface area contributed by atoms with Crippen molar-refractivity contribution in [3.05, 3.63) is 77.7 Å². The van der Waals surface area contributed by atoms with Gasteiger partial charge in [-0.1, -0.05) is 30.3 Å². The number of halogens is 1. The third kappa shape index (κ3) is 4.32. The van der Waals surface area contributed by atoms with Crippen LogP contribution in [0.25, 0.3) is 32.9 Å². The molecule has 9 nitrogen and oxygen atoms in total. The number of phenolic OH excluding ortho intramolecular Hbond substituents is 1. The zero-order valence-electron chi connectivity index (χ0n) is 23.4. The lowest BCUT2D eigenvalue weighted by molar-refractivity contribution is 0.0965. The van der Waals surface area contributed by atoms with Gasteiger partial charge in [0.15, 0.2) is 5.82 Å². The lowest BCUT2D eigenvalue weighted by atomic mass is 9.95. The lowest BCUT2D eigenvalue weighted by Crippen LogP contribution is -2.43. The van der Waals surface area contributed by atoms with Gasteiger partial charge in [0.05, 0.1) is 10.9 Å². The monoisotopic (exact) mass is 576 g/mol. The van der Waals surface area contributed by atoms with E-state index in [-0.39, 0.29) is 34.4 Å². The van der Waals surface area contributed by atoms with Crippen LogP contribution in [0.5, 0.6) is 11.8 Å². The Morgan fingerprint density at radius 3 is 2.72 bits per heavy atom. The highest BCUT2D eigenvalue weighted by Gasteiger charge is 2.45. The predicted molar refractivity (Wildman–Crippen MR) is 161 cm³/mol. The van der Waals surface area contributed by atoms with Crippen LogP contribution in [0.1, 0.15) is 41.6 Å². The van der Waals surface area contributed by atoms with E-state index in [0.29, 0.717) is 41.2 Å². The van der Waals surface area contributed by atoms with E-state index in [1.54, 1.807) is 12.1 Å². The molecule has 0 spiro atoms. The third-order valence-electron chi connectivity index (χ3n) is 9.10. The minimum absolute atomic E-state index is 0.0154. The maximum atomic E-state index is 16.5. The number of fused-ring (bicyclic) bond motifs is 4. The number of pyridine rings is 1. The average molecular weight is 577 g/mol. The second kappa shape index (κ2) is 9.88. The van der Waals surface area contributed by atoms with E-state index >= 15 is 4.39 Å². The largest absolute Gasteiger partial charge is 0.508 e. The van der Waals surface area contributed by atoms with E-state index in [0.717, 1.165) is 55.1 Å². The molecule has 3 aliphatic heterocycles. The summed E-state index contributed by atoms with van der Waals surface area (Å²) in [6.45, 7) is 3.03. The number of aromatic nitrogens is 3. The number of nitrogens with one attached hydrogen (secondary N) is 2. The molecule has 10 heteroatoms. The van der Waals surface area contributed by atoms with Crippen molar-refractivity contribution < 1.29 is 19.0 Å². The molecular formula is C33H29FN6O3. The molecular weight excluding hydrogens is 547 g/mol. The van der Waals surface area contributed by atoms with Crippen molar-refractivity contribution in [3.8, 4) is 23.0 Å². The van der Waals surface area contributed by atoms with Crippen molar-refractivity contribution in [3.63, 3.8) is 0 Å². The summed E-state index contributed by atoms with van der Waals surface area (Å²) in [6.07, 6.45) is 5.89. The van der Waals surface area contributed by atoms with Gasteiger partial charge >= 0.3 is 6.01 Å². The quantitative estimate of drug-likeness (QED) is 0.237. The Hall–Kier alpha value is -4.83. The Balaban J connectivity index is 1.25. The predicted octanol–water partition coefficient (Wildman–Crippen LogP) is 5.68. The Morgan fingerprint density at radius 2 is 1.86 bits per heavy atom. The molecule has 43 heavy (non-hydrogen) atoms. The van der Waals surface area contributed by atoms with E-state index in [9.17, 15) is 9.90 Å². The van der Waals surface area contributed by atoms with Gasteiger partial charge in [0, 0.05) is 29.6 Å². The van der Waals surface area contributed by atoms with E-state index in [1.165, 1.54) is 12.3 Å². The average Bonchev–Trinajstić information content (AvgIpc) is 3.71. The van der Waals surface area contributed by atoms with Gasteiger partial charge in [0.2, 0.25) is 0 Å². The molecule has 5 heterocycles. The van der Waals surface area contributed by atoms with Crippen LogP contribution < -0.4 is 15.4 Å². The maximum absolute atomic E-state index is 16.5. The fraction of sp³-hybridized carbons (Fsp3) is 0.273. The van der Waals surface area contributed by atoms with Crippen LogP contribution in [0, 0.1) is 5.82 Å². The maximum Gasteiger partial charge on any atom is 0.319 e. The molecule has 5 aromatic rings. The van der Waals surface area contributed by atoms with Crippen molar-refractivity contribution in [2.24, 2.45) is 0 Å². The van der Waals surface area contributed by atoms with Crippen molar-refractivity contribution in [1.29, 1.82) is 0 Å². The van der Waals surface area contributed by atoms with Crippen LogP contribution in [-0.2, 0) is 6.54 Å². The number of nitrogens with zero attached hydrogens (tertiary/aromatic N) is 4. The smallest absolute Gasteiger partial charge is 0.319 e. The van der Waals surface area contributed by atoms with Crippen LogP contribution in [0.15, 0.2) is 60.8 Å². The zero-order chi connectivity index (χ0) is 29.1. The zero-order valence-corrected chi connectivity index (χ0v) is 23.4. The van der Waals surface area contributed by atoms with Crippen LogP contribution in [0.4, 0.5) is 15.9 Å². The fourth-order valence-corrected chi connectivity index (χ4v) is 6.96. The van der Waals surface area contributed by atoms with Gasteiger partial charge in [-0.05, 0) is 79.4 Å². The first kappa shape index (κ1) is 25.8. The molecule has 0 unspecified atom stereocenters. The Morgan fingerprint density at radius 1 is 1.02 bits per heavy atom. The normalized spacial score (nSPS) is 17.3. The van der Waals surface area contributed by atoms with E-state index in [1.807, 2.05) is 36.4 Å². The summed E-state index contributed by atoms with van der Waals surface area (Å²) < 4.78 is 22.8. The molecule has 0 atom stereocenters. The topological polar surface area (TPSA) is 112 Å². The molecule has 0 bridgehead atoms. The van der Waals surface area contributed by atoms with E-state index in [4.69, 9.17) is 4.74 Å². The summed E-state index contributed by atoms with van der Waals surface area (Å²) in [5.41, 5.74) is 2.67. The van der Waals surface area contributed by atoms with E-state index < -0.39 is 5.82 Å². The molecule has 8 rings (SSSR count). The first-order valence-corrected chi connectivity index (χ1v) is 14.6. The summed E-state index contributed by atoms with van der Waals surface area (Å²) >= 11 is 0. The van der Waals surface area contributed by atoms with Gasteiger partial charge in [0.25, 0.3) is 5.91 Å². The lowest BCUT2D eigenvalue weighted by Gasteiger charge is -2.31. The highest BCUT2D eigenvalue weighted by molar-refractivity contribution is 6.01.